The average molecular weight is 821 g/mol. The lowest BCUT2D eigenvalue weighted by molar-refractivity contribution is 1.02. The van der Waals surface area contributed by atoms with Gasteiger partial charge >= 0.3 is 0 Å². The summed E-state index contributed by atoms with van der Waals surface area (Å²) < 4.78 is 7.22. The summed E-state index contributed by atoms with van der Waals surface area (Å²) in [5.74, 6) is 1.74. The van der Waals surface area contributed by atoms with E-state index in [1.165, 1.54) is 21.5 Å². The van der Waals surface area contributed by atoms with Crippen LogP contribution in [0.2, 0.25) is 0 Å². The monoisotopic (exact) mass is 820 g/mol. The third kappa shape index (κ3) is 5.77. The highest BCUT2D eigenvalue weighted by Gasteiger charge is 2.28. The van der Waals surface area contributed by atoms with Gasteiger partial charge in [-0.3, -0.25) is 0 Å². The number of allylic oxidation sites excluding steroid dienone is 1. The zero-order valence-electron chi connectivity index (χ0n) is 35.1. The van der Waals surface area contributed by atoms with Gasteiger partial charge in [0.05, 0.1) is 44.7 Å². The predicted octanol–water partition coefficient (Wildman–Crippen LogP) is 14.7. The standard InChI is InChI=1S/C58H40N6/c1-3-21-48-41(4-2)42-26-11-20-35-53(42)64(48)55-47(58-60-56(38-22-7-5-8-23-38)59-57(61-58)39-24-9-6-10-25-39)36-40(62-49-31-16-12-27-43(49)44-28-13-17-32-50(44)62)37-54(55)63-51-33-18-14-29-45(51)46-30-15-19-34-52(46)63/h3-37H,2H2,1H3/b21-3-. The van der Waals surface area contributed by atoms with E-state index in [1.807, 2.05) is 42.5 Å². The maximum absolute atomic E-state index is 5.47. The van der Waals surface area contributed by atoms with Crippen LogP contribution in [-0.2, 0) is 0 Å². The molecule has 0 aliphatic carbocycles. The van der Waals surface area contributed by atoms with E-state index in [4.69, 9.17) is 15.0 Å². The van der Waals surface area contributed by atoms with Crippen molar-refractivity contribution in [2.45, 2.75) is 6.92 Å². The van der Waals surface area contributed by atoms with Crippen LogP contribution < -0.4 is 0 Å². The van der Waals surface area contributed by atoms with Crippen molar-refractivity contribution in [3.8, 4) is 51.2 Å². The van der Waals surface area contributed by atoms with Crippen LogP contribution >= 0.6 is 0 Å². The largest absolute Gasteiger partial charge is 0.309 e. The van der Waals surface area contributed by atoms with Crippen molar-refractivity contribution in [3.63, 3.8) is 0 Å². The zero-order chi connectivity index (χ0) is 42.7. The first-order chi connectivity index (χ1) is 31.7. The van der Waals surface area contributed by atoms with Crippen molar-refractivity contribution in [1.82, 2.24) is 28.7 Å². The lowest BCUT2D eigenvalue weighted by Gasteiger charge is -2.23. The Hall–Kier alpha value is -8.61. The Balaban J connectivity index is 1.33. The number of benzene rings is 8. The lowest BCUT2D eigenvalue weighted by Crippen LogP contribution is -2.11. The Kier molecular flexibility index (Phi) is 8.76. The van der Waals surface area contributed by atoms with Gasteiger partial charge in [-0.15, -0.1) is 0 Å². The highest BCUT2D eigenvalue weighted by atomic mass is 15.1. The van der Waals surface area contributed by atoms with Gasteiger partial charge in [0.2, 0.25) is 0 Å². The molecule has 64 heavy (non-hydrogen) atoms. The summed E-state index contributed by atoms with van der Waals surface area (Å²) in [5, 5.41) is 5.80. The fourth-order valence-electron chi connectivity index (χ4n) is 9.68. The van der Waals surface area contributed by atoms with Crippen molar-refractivity contribution < 1.29 is 0 Å². The molecule has 0 radical (unpaired) electrons. The fourth-order valence-corrected chi connectivity index (χ4v) is 9.68. The number of nitrogens with zero attached hydrogens (tertiary/aromatic N) is 6. The number of hydrogen-bond acceptors (Lipinski definition) is 3. The molecule has 12 aromatic rings. The maximum Gasteiger partial charge on any atom is 0.166 e. The summed E-state index contributed by atoms with van der Waals surface area (Å²) in [4.78, 5) is 16.1. The highest BCUT2D eigenvalue weighted by molar-refractivity contribution is 6.11. The van der Waals surface area contributed by atoms with Crippen molar-refractivity contribution in [2.24, 2.45) is 0 Å². The quantitative estimate of drug-likeness (QED) is 0.153. The Labute approximate surface area is 370 Å². The molecule has 0 amide bonds. The molecule has 0 bridgehead atoms. The van der Waals surface area contributed by atoms with Gasteiger partial charge in [0.25, 0.3) is 0 Å². The Bertz CT molecular complexity index is 3650. The number of aromatic nitrogens is 6. The van der Waals surface area contributed by atoms with E-state index in [9.17, 15) is 0 Å². The van der Waals surface area contributed by atoms with Crippen LogP contribution in [0.15, 0.2) is 207 Å². The fraction of sp³-hybridized carbons (Fsp3) is 0.0172. The Morgan fingerprint density at radius 2 is 0.828 bits per heavy atom. The van der Waals surface area contributed by atoms with Gasteiger partial charge in [0.15, 0.2) is 17.5 Å². The number of hydrogen-bond donors (Lipinski definition) is 0. The summed E-state index contributed by atoms with van der Waals surface area (Å²) >= 11 is 0. The van der Waals surface area contributed by atoms with E-state index >= 15 is 0 Å². The van der Waals surface area contributed by atoms with E-state index in [0.717, 1.165) is 78.0 Å². The molecule has 12 rings (SSSR count). The SMILES string of the molecule is C=Cc1c(/C=C\C)n(-c2c(-c3nc(-c4ccccc4)nc(-c4ccccc4)n3)cc(-n3c4ccccc4c4ccccc43)cc2-n2c3ccccc3c3ccccc32)c2ccccc12. The molecule has 8 aromatic carbocycles. The van der Waals surface area contributed by atoms with Crippen LogP contribution in [0, 0.1) is 0 Å². The van der Waals surface area contributed by atoms with Gasteiger partial charge in [-0.2, -0.15) is 0 Å². The lowest BCUT2D eigenvalue weighted by atomic mass is 10.1. The summed E-state index contributed by atoms with van der Waals surface area (Å²) in [6, 6.07) is 68.4. The highest BCUT2D eigenvalue weighted by Crippen LogP contribution is 2.44. The molecule has 0 aliphatic heterocycles. The molecule has 4 heterocycles. The van der Waals surface area contributed by atoms with Gasteiger partial charge < -0.3 is 13.7 Å². The van der Waals surface area contributed by atoms with E-state index in [2.05, 4.69) is 197 Å². The molecule has 6 heteroatoms. The predicted molar refractivity (Wildman–Crippen MR) is 266 cm³/mol. The minimum Gasteiger partial charge on any atom is -0.309 e. The first kappa shape index (κ1) is 37.2. The first-order valence-corrected chi connectivity index (χ1v) is 21.6. The van der Waals surface area contributed by atoms with E-state index < -0.39 is 0 Å². The molecule has 4 aromatic heterocycles. The van der Waals surface area contributed by atoms with Crippen molar-refractivity contribution in [3.05, 3.63) is 218 Å². The molecular formula is C58H40N6. The topological polar surface area (TPSA) is 53.5 Å². The number of para-hydroxylation sites is 5. The summed E-state index contributed by atoms with van der Waals surface area (Å²) in [6.45, 7) is 6.44. The molecular weight excluding hydrogens is 781 g/mol. The first-order valence-electron chi connectivity index (χ1n) is 21.6. The van der Waals surface area contributed by atoms with Gasteiger partial charge in [0, 0.05) is 54.9 Å². The normalized spacial score (nSPS) is 11.8. The van der Waals surface area contributed by atoms with Gasteiger partial charge in [-0.25, -0.2) is 15.0 Å². The molecule has 0 atom stereocenters. The van der Waals surface area contributed by atoms with E-state index in [0.29, 0.717) is 17.5 Å². The Morgan fingerprint density at radius 3 is 1.30 bits per heavy atom. The number of rotatable bonds is 8. The van der Waals surface area contributed by atoms with E-state index in [-0.39, 0.29) is 0 Å². The molecule has 0 saturated carbocycles. The number of fused-ring (bicyclic) bond motifs is 7. The molecule has 0 spiro atoms. The maximum atomic E-state index is 5.47. The second-order valence-corrected chi connectivity index (χ2v) is 16.0. The molecule has 0 saturated heterocycles. The molecule has 302 valence electrons. The second-order valence-electron chi connectivity index (χ2n) is 16.0. The third-order valence-electron chi connectivity index (χ3n) is 12.4. The third-order valence-corrected chi connectivity index (χ3v) is 12.4. The minimum absolute atomic E-state index is 0.553. The molecule has 6 nitrogen and oxygen atoms in total. The minimum atomic E-state index is 0.553. The molecule has 0 N–H and O–H groups in total. The van der Waals surface area contributed by atoms with Crippen LogP contribution in [0.25, 0.3) is 118 Å². The van der Waals surface area contributed by atoms with E-state index in [1.54, 1.807) is 0 Å². The molecule has 0 unspecified atom stereocenters. The van der Waals surface area contributed by atoms with Crippen molar-refractivity contribution in [2.75, 3.05) is 0 Å². The van der Waals surface area contributed by atoms with Crippen LogP contribution in [-0.4, -0.2) is 28.7 Å². The summed E-state index contributed by atoms with van der Waals surface area (Å²) in [5.41, 5.74) is 13.0. The van der Waals surface area contributed by atoms with Crippen molar-refractivity contribution in [1.29, 1.82) is 0 Å². The van der Waals surface area contributed by atoms with Crippen LogP contribution in [0.1, 0.15) is 18.2 Å². The van der Waals surface area contributed by atoms with Crippen LogP contribution in [0.3, 0.4) is 0 Å². The average Bonchev–Trinajstić information content (AvgIpc) is 3.99. The molecule has 0 fully saturated rings. The summed E-state index contributed by atoms with van der Waals surface area (Å²) in [6.07, 6.45) is 6.27. The smallest absolute Gasteiger partial charge is 0.166 e. The van der Waals surface area contributed by atoms with Gasteiger partial charge in [-0.05, 0) is 55.5 Å². The second kappa shape index (κ2) is 15.1. The zero-order valence-corrected chi connectivity index (χ0v) is 35.1. The van der Waals surface area contributed by atoms with Gasteiger partial charge in [0.1, 0.15) is 0 Å². The van der Waals surface area contributed by atoms with Crippen molar-refractivity contribution >= 4 is 66.7 Å². The Morgan fingerprint density at radius 1 is 0.422 bits per heavy atom. The van der Waals surface area contributed by atoms with Crippen LogP contribution in [0.4, 0.5) is 0 Å². The van der Waals surface area contributed by atoms with Crippen LogP contribution in [0.5, 0.6) is 0 Å². The summed E-state index contributed by atoms with van der Waals surface area (Å²) in [7, 11) is 0. The van der Waals surface area contributed by atoms with Gasteiger partial charge in [-0.1, -0.05) is 170 Å². The molecule has 0 aliphatic rings.